The highest BCUT2D eigenvalue weighted by Crippen LogP contribution is 2.71. The van der Waals surface area contributed by atoms with E-state index in [1.54, 1.807) is 13.0 Å². The number of alkyl halides is 1. The van der Waals surface area contributed by atoms with Gasteiger partial charge in [0.05, 0.1) is 6.10 Å². The predicted molar refractivity (Wildman–Crippen MR) is 130 cm³/mol. The Kier molecular flexibility index (Phi) is 7.83. The van der Waals surface area contributed by atoms with Crippen molar-refractivity contribution in [2.75, 3.05) is 6.61 Å². The summed E-state index contributed by atoms with van der Waals surface area (Å²) in [7, 11) is 0. The normalized spacial score (nSPS) is 42.8. The molecule has 0 radical (unpaired) electrons. The maximum Gasteiger partial charge on any atom is 0.306 e. The number of unbranched alkanes of at least 4 members (excludes halogenated alkanes) is 1. The zero-order valence-electron chi connectivity index (χ0n) is 21.7. The molecular formula is C28H39FO7. The average molecular weight is 507 g/mol. The molecule has 0 spiro atoms. The number of carbonyl (C=O) groups is 4. The lowest BCUT2D eigenvalue weighted by molar-refractivity contribution is -0.228. The van der Waals surface area contributed by atoms with E-state index in [-0.39, 0.29) is 24.5 Å². The molecule has 3 saturated carbocycles. The topological polar surface area (TPSA) is 118 Å². The van der Waals surface area contributed by atoms with Crippen molar-refractivity contribution in [2.45, 2.75) is 90.0 Å². The number of hydrogen-bond acceptors (Lipinski definition) is 7. The Labute approximate surface area is 212 Å². The molecule has 2 N–H and O–H groups in total. The first-order chi connectivity index (χ1) is 16.9. The lowest BCUT2D eigenvalue weighted by Crippen LogP contribution is -2.70. The molecular weight excluding hydrogens is 467 g/mol. The maximum absolute atomic E-state index is 17.3. The van der Waals surface area contributed by atoms with E-state index < -0.39 is 58.4 Å². The van der Waals surface area contributed by atoms with Gasteiger partial charge in [0.25, 0.3) is 0 Å². The molecule has 0 aromatic heterocycles. The number of halogens is 1. The fourth-order valence-corrected chi connectivity index (χ4v) is 8.07. The summed E-state index contributed by atoms with van der Waals surface area (Å²) >= 11 is 0. The number of Topliss-reactive ketones (excluding diaryl/α,β-unsaturated/α-hetero) is 1. The molecule has 4 aliphatic carbocycles. The summed E-state index contributed by atoms with van der Waals surface area (Å²) < 4.78 is 23.3. The summed E-state index contributed by atoms with van der Waals surface area (Å²) in [6.45, 7) is 8.55. The van der Waals surface area contributed by atoms with Crippen LogP contribution < -0.4 is 0 Å². The highest BCUT2D eigenvalue weighted by Gasteiger charge is 2.77. The van der Waals surface area contributed by atoms with Crippen LogP contribution in [0.5, 0.6) is 0 Å². The molecule has 4 aliphatic rings. The van der Waals surface area contributed by atoms with Crippen molar-refractivity contribution in [1.82, 2.24) is 0 Å². The number of carbonyl (C=O) groups excluding carboxylic acids is 4. The van der Waals surface area contributed by atoms with E-state index in [0.717, 1.165) is 6.42 Å². The van der Waals surface area contributed by atoms with Crippen LogP contribution in [0.4, 0.5) is 4.39 Å². The van der Waals surface area contributed by atoms with Crippen LogP contribution in [-0.4, -0.2) is 58.5 Å². The number of ketones is 2. The standard InChI is InChI=1S/C27H37FO6.CH2O/c1-5-6-7-23(33)34-27(22(32)15-29)16(2)12-20-19-9-8-17-13-18(30)10-11-24(17,3)26(19,28)21(31)14-25(20,27)4;1-2/h10-11,13,16,19-21,29,31H,5-9,12,14-15H2,1-4H3;1H2/t16?,19?,20-,21-,24?,25?,26-,27-;/m0./s1. The van der Waals surface area contributed by atoms with Gasteiger partial charge in [-0.3, -0.25) is 14.4 Å². The molecule has 0 aromatic carbocycles. The van der Waals surface area contributed by atoms with Crippen molar-refractivity contribution in [3.8, 4) is 0 Å². The minimum Gasteiger partial charge on any atom is -0.450 e. The molecule has 0 bridgehead atoms. The Morgan fingerprint density at radius 3 is 2.53 bits per heavy atom. The van der Waals surface area contributed by atoms with Crippen LogP contribution in [0.2, 0.25) is 0 Å². The summed E-state index contributed by atoms with van der Waals surface area (Å²) in [5, 5.41) is 21.4. The number of hydrogen-bond donors (Lipinski definition) is 2. The quantitative estimate of drug-likeness (QED) is 0.530. The molecule has 200 valence electrons. The summed E-state index contributed by atoms with van der Waals surface area (Å²) in [5.41, 5.74) is -5.11. The zero-order valence-corrected chi connectivity index (χ0v) is 21.7. The lowest BCUT2D eigenvalue weighted by atomic mass is 9.44. The third-order valence-electron chi connectivity index (χ3n) is 9.75. The van der Waals surface area contributed by atoms with E-state index in [1.165, 1.54) is 12.2 Å². The first-order valence-corrected chi connectivity index (χ1v) is 12.9. The van der Waals surface area contributed by atoms with Crippen LogP contribution in [0.25, 0.3) is 0 Å². The molecule has 0 aliphatic heterocycles. The highest BCUT2D eigenvalue weighted by atomic mass is 19.1. The van der Waals surface area contributed by atoms with Crippen LogP contribution in [0.15, 0.2) is 23.8 Å². The van der Waals surface area contributed by atoms with Gasteiger partial charge in [-0.25, -0.2) is 4.39 Å². The highest BCUT2D eigenvalue weighted by molar-refractivity contribution is 6.01. The Balaban J connectivity index is 0.00000176. The van der Waals surface area contributed by atoms with E-state index in [9.17, 15) is 24.6 Å². The lowest BCUT2D eigenvalue weighted by Gasteiger charge is -2.62. The molecule has 7 nitrogen and oxygen atoms in total. The van der Waals surface area contributed by atoms with Gasteiger partial charge in [-0.05, 0) is 57.1 Å². The van der Waals surface area contributed by atoms with E-state index in [2.05, 4.69) is 0 Å². The van der Waals surface area contributed by atoms with Crippen molar-refractivity contribution in [2.24, 2.45) is 28.6 Å². The van der Waals surface area contributed by atoms with Gasteiger partial charge in [-0.2, -0.15) is 0 Å². The SMILES string of the molecule is C=O.CCCCC(=O)O[C@]1(C(=O)CO)C(C)C[C@H]2C3CCC4=CC(=O)C=CC4(C)[C@@]3(F)[C@@H](O)CC21C. The minimum absolute atomic E-state index is 0.0769. The monoisotopic (exact) mass is 506 g/mol. The number of aliphatic hydroxyl groups is 2. The largest absolute Gasteiger partial charge is 0.450 e. The van der Waals surface area contributed by atoms with Gasteiger partial charge in [-0.1, -0.05) is 38.8 Å². The van der Waals surface area contributed by atoms with E-state index in [0.29, 0.717) is 31.3 Å². The van der Waals surface area contributed by atoms with Crippen LogP contribution in [0.1, 0.15) is 72.6 Å². The van der Waals surface area contributed by atoms with Gasteiger partial charge >= 0.3 is 5.97 Å². The molecule has 0 amide bonds. The average Bonchev–Trinajstić information content (AvgIpc) is 3.06. The second-order valence-corrected chi connectivity index (χ2v) is 11.3. The van der Waals surface area contributed by atoms with Crippen molar-refractivity contribution in [3.05, 3.63) is 23.8 Å². The van der Waals surface area contributed by atoms with Crippen molar-refractivity contribution >= 4 is 24.3 Å². The molecule has 0 saturated heterocycles. The van der Waals surface area contributed by atoms with E-state index in [4.69, 9.17) is 9.53 Å². The Hall–Kier alpha value is -2.19. The molecule has 8 heteroatoms. The molecule has 4 rings (SSSR count). The molecule has 0 heterocycles. The summed E-state index contributed by atoms with van der Waals surface area (Å²) in [5.74, 6) is -2.62. The van der Waals surface area contributed by atoms with Crippen molar-refractivity contribution in [1.29, 1.82) is 0 Å². The van der Waals surface area contributed by atoms with Gasteiger partial charge in [0.2, 0.25) is 5.78 Å². The number of aliphatic hydroxyl groups excluding tert-OH is 2. The van der Waals surface area contributed by atoms with E-state index in [1.807, 2.05) is 27.6 Å². The smallest absolute Gasteiger partial charge is 0.306 e. The third-order valence-corrected chi connectivity index (χ3v) is 9.75. The third kappa shape index (κ3) is 3.66. The number of ether oxygens (including phenoxy) is 1. The zero-order chi connectivity index (χ0) is 27.1. The predicted octanol–water partition coefficient (Wildman–Crippen LogP) is 3.45. The van der Waals surface area contributed by atoms with Gasteiger partial charge in [0, 0.05) is 29.1 Å². The molecule has 8 atom stereocenters. The number of rotatable bonds is 6. The Morgan fingerprint density at radius 2 is 1.92 bits per heavy atom. The Bertz CT molecular complexity index is 975. The summed E-state index contributed by atoms with van der Waals surface area (Å²) in [6, 6.07) is 0. The van der Waals surface area contributed by atoms with Crippen LogP contribution in [0.3, 0.4) is 0 Å². The molecule has 36 heavy (non-hydrogen) atoms. The number of fused-ring (bicyclic) bond motifs is 5. The van der Waals surface area contributed by atoms with Crippen molar-refractivity contribution in [3.63, 3.8) is 0 Å². The maximum atomic E-state index is 17.3. The summed E-state index contributed by atoms with van der Waals surface area (Å²) in [4.78, 5) is 46.1. The first kappa shape index (κ1) is 28.4. The van der Waals surface area contributed by atoms with Gasteiger partial charge in [-0.15, -0.1) is 0 Å². The molecule has 0 aromatic rings. The number of esters is 1. The van der Waals surface area contributed by atoms with Crippen molar-refractivity contribution < 1.29 is 38.5 Å². The minimum atomic E-state index is -2.03. The van der Waals surface area contributed by atoms with Gasteiger partial charge in [0.1, 0.15) is 13.4 Å². The van der Waals surface area contributed by atoms with Crippen LogP contribution >= 0.6 is 0 Å². The second kappa shape index (κ2) is 9.93. The van der Waals surface area contributed by atoms with Gasteiger partial charge in [0.15, 0.2) is 17.1 Å². The number of allylic oxidation sites excluding steroid dienone is 4. The fraction of sp³-hybridized carbons (Fsp3) is 0.714. The Morgan fingerprint density at radius 1 is 1.25 bits per heavy atom. The summed E-state index contributed by atoms with van der Waals surface area (Å²) in [6.07, 6.45) is 5.92. The molecule has 3 fully saturated rings. The van der Waals surface area contributed by atoms with Gasteiger partial charge < -0.3 is 19.7 Å². The second-order valence-electron chi connectivity index (χ2n) is 11.3. The molecule has 4 unspecified atom stereocenters. The van der Waals surface area contributed by atoms with E-state index >= 15 is 4.39 Å². The first-order valence-electron chi connectivity index (χ1n) is 12.9. The van der Waals surface area contributed by atoms with Crippen LogP contribution in [0, 0.1) is 28.6 Å². The van der Waals surface area contributed by atoms with Crippen LogP contribution in [-0.2, 0) is 23.9 Å². The fourth-order valence-electron chi connectivity index (χ4n) is 8.07.